The Hall–Kier alpha value is -2.17. The van der Waals surface area contributed by atoms with Gasteiger partial charge in [-0.05, 0) is 62.0 Å². The summed E-state index contributed by atoms with van der Waals surface area (Å²) in [5.74, 6) is 0.505. The Morgan fingerprint density at radius 1 is 1.09 bits per heavy atom. The van der Waals surface area contributed by atoms with Crippen LogP contribution in [0.4, 0.5) is 13.2 Å². The van der Waals surface area contributed by atoms with Crippen molar-refractivity contribution in [2.24, 2.45) is 11.8 Å². The van der Waals surface area contributed by atoms with Crippen LogP contribution in [0, 0.1) is 11.8 Å². The first-order valence-corrected chi connectivity index (χ1v) is 15.3. The number of carbonyl (C=O) groups is 1. The van der Waals surface area contributed by atoms with E-state index in [1.807, 2.05) is 12.2 Å². The van der Waals surface area contributed by atoms with Gasteiger partial charge in [-0.1, -0.05) is 30.4 Å². The van der Waals surface area contributed by atoms with E-state index in [0.717, 1.165) is 24.3 Å². The minimum Gasteiger partial charge on any atom is -0.491 e. The van der Waals surface area contributed by atoms with Gasteiger partial charge in [0.25, 0.3) is 0 Å². The molecule has 2 rings (SSSR count). The zero-order valence-corrected chi connectivity index (χ0v) is 24.7. The van der Waals surface area contributed by atoms with Crippen molar-refractivity contribution >= 4 is 17.7 Å². The predicted octanol–water partition coefficient (Wildman–Crippen LogP) is 4.54. The molecule has 5 atom stereocenters. The molecule has 0 aliphatic heterocycles. The highest BCUT2D eigenvalue weighted by molar-refractivity contribution is 7.99. The van der Waals surface area contributed by atoms with Crippen molar-refractivity contribution in [3.05, 3.63) is 54.1 Å². The lowest BCUT2D eigenvalue weighted by Gasteiger charge is -2.19. The molecular weight excluding hydrogens is 595 g/mol. The first-order chi connectivity index (χ1) is 20.5. The number of halogens is 3. The summed E-state index contributed by atoms with van der Waals surface area (Å²) in [6.07, 6.45) is 3.37. The minimum atomic E-state index is -4.50. The fraction of sp³-hybridized carbons (Fsp3) is 0.621. The van der Waals surface area contributed by atoms with E-state index in [2.05, 4.69) is 4.84 Å². The van der Waals surface area contributed by atoms with Crippen LogP contribution >= 0.6 is 11.8 Å². The highest BCUT2D eigenvalue weighted by atomic mass is 32.2. The van der Waals surface area contributed by atoms with Gasteiger partial charge >= 0.3 is 12.1 Å². The summed E-state index contributed by atoms with van der Waals surface area (Å²) >= 11 is 1.63. The maximum absolute atomic E-state index is 12.9. The number of thioether (sulfide) groups is 1. The highest BCUT2D eigenvalue weighted by Crippen LogP contribution is 2.36. The number of aliphatic hydroxyl groups is 3. The molecule has 0 saturated heterocycles. The van der Waals surface area contributed by atoms with Crippen LogP contribution in [0.25, 0.3) is 0 Å². The van der Waals surface area contributed by atoms with Crippen molar-refractivity contribution in [1.29, 1.82) is 0 Å². The first-order valence-electron chi connectivity index (χ1n) is 14.2. The lowest BCUT2D eigenvalue weighted by Crippen LogP contribution is -2.21. The van der Waals surface area contributed by atoms with Crippen LogP contribution in [-0.2, 0) is 20.5 Å². The first kappa shape index (κ1) is 37.0. The number of allylic oxidation sites excluding steroid dienone is 2. The molecule has 0 bridgehead atoms. The molecule has 10 nitrogen and oxygen atoms in total. The number of esters is 1. The zero-order chi connectivity index (χ0) is 31.7. The standard InChI is InChI=1S/C29H42F3NO9S/c30-29(31,32)21-8-7-9-23(18-21)41-20-22(34)12-13-25-24(26(35)19-27(25)36)10-3-1-2-4-11-28(37)40-15-17-43-16-6-5-14-42-33(38)39/h1,3,7-9,12-13,18,22,24-27,34-36,38-39H,2,4-6,10-11,14-17,19-20H2/b3-1-,13-12+/t22-,24-,25-,26+,27-/m1/s1. The van der Waals surface area contributed by atoms with E-state index in [1.165, 1.54) is 18.2 Å². The monoisotopic (exact) mass is 637 g/mol. The molecule has 5 N–H and O–H groups in total. The van der Waals surface area contributed by atoms with E-state index in [0.29, 0.717) is 38.0 Å². The second-order valence-corrected chi connectivity index (χ2v) is 11.4. The Labute approximate surface area is 253 Å². The predicted molar refractivity (Wildman–Crippen MR) is 152 cm³/mol. The number of rotatable bonds is 20. The molecular formula is C29H42F3NO9S. The molecule has 14 heteroatoms. The van der Waals surface area contributed by atoms with Crippen LogP contribution < -0.4 is 4.74 Å². The largest absolute Gasteiger partial charge is 0.491 e. The molecule has 0 aromatic heterocycles. The SMILES string of the molecule is O=C(CCC/C=C\C[C@@H]1[C@@H](/C=C/[C@@H](O)COc2cccc(C(F)(F)F)c2)[C@H](O)C[C@@H]1O)OCCSCCCCON(O)O. The molecule has 0 unspecified atom stereocenters. The summed E-state index contributed by atoms with van der Waals surface area (Å²) in [6.45, 7) is 0.247. The third-order valence-corrected chi connectivity index (χ3v) is 7.79. The van der Waals surface area contributed by atoms with Crippen LogP contribution in [-0.4, -0.2) is 86.7 Å². The van der Waals surface area contributed by atoms with Crippen molar-refractivity contribution < 1.29 is 58.0 Å². The molecule has 1 fully saturated rings. The molecule has 0 heterocycles. The number of hydrogen-bond acceptors (Lipinski definition) is 11. The van der Waals surface area contributed by atoms with E-state index in [1.54, 1.807) is 17.8 Å². The Morgan fingerprint density at radius 2 is 1.88 bits per heavy atom. The molecule has 0 amide bonds. The maximum atomic E-state index is 12.9. The van der Waals surface area contributed by atoms with Crippen molar-refractivity contribution in [1.82, 2.24) is 5.39 Å². The smallest absolute Gasteiger partial charge is 0.416 e. The van der Waals surface area contributed by atoms with Crippen LogP contribution in [0.5, 0.6) is 5.75 Å². The summed E-state index contributed by atoms with van der Waals surface area (Å²) in [6, 6.07) is 4.37. The summed E-state index contributed by atoms with van der Waals surface area (Å²) in [4.78, 5) is 16.3. The normalized spacial score (nSPS) is 21.7. The second-order valence-electron chi connectivity index (χ2n) is 10.1. The number of alkyl halides is 3. The summed E-state index contributed by atoms with van der Waals surface area (Å²) in [5, 5.41) is 47.6. The molecule has 244 valence electrons. The molecule has 0 radical (unpaired) electrons. The lowest BCUT2D eigenvalue weighted by atomic mass is 9.89. The average molecular weight is 638 g/mol. The maximum Gasteiger partial charge on any atom is 0.416 e. The van der Waals surface area contributed by atoms with Gasteiger partial charge in [0.2, 0.25) is 0 Å². The van der Waals surface area contributed by atoms with Gasteiger partial charge in [0.05, 0.1) is 29.8 Å². The van der Waals surface area contributed by atoms with E-state index >= 15 is 0 Å². The number of unbranched alkanes of at least 4 members (excludes halogenated alkanes) is 2. The van der Waals surface area contributed by atoms with E-state index in [9.17, 15) is 33.3 Å². The summed E-state index contributed by atoms with van der Waals surface area (Å²) < 4.78 is 49.1. The number of benzene rings is 1. The Kier molecular flexibility index (Phi) is 17.2. The van der Waals surface area contributed by atoms with Gasteiger partial charge < -0.3 is 24.8 Å². The Morgan fingerprint density at radius 3 is 2.63 bits per heavy atom. The molecule has 1 aliphatic carbocycles. The van der Waals surface area contributed by atoms with Crippen LogP contribution in [0.3, 0.4) is 0 Å². The fourth-order valence-electron chi connectivity index (χ4n) is 4.54. The van der Waals surface area contributed by atoms with Crippen LogP contribution in [0.1, 0.15) is 50.5 Å². The highest BCUT2D eigenvalue weighted by Gasteiger charge is 2.39. The molecule has 43 heavy (non-hydrogen) atoms. The van der Waals surface area contributed by atoms with E-state index in [4.69, 9.17) is 19.9 Å². The molecule has 1 aromatic carbocycles. The average Bonchev–Trinajstić information content (AvgIpc) is 3.22. The van der Waals surface area contributed by atoms with Gasteiger partial charge in [-0.25, -0.2) is 0 Å². The fourth-order valence-corrected chi connectivity index (χ4v) is 5.35. The summed E-state index contributed by atoms with van der Waals surface area (Å²) in [7, 11) is 0. The molecule has 1 saturated carbocycles. The quantitative estimate of drug-likeness (QED) is 0.0594. The van der Waals surface area contributed by atoms with Gasteiger partial charge in [0.15, 0.2) is 0 Å². The number of hydrogen-bond donors (Lipinski definition) is 5. The third kappa shape index (κ3) is 15.4. The number of nitrogens with zero attached hydrogens (tertiary/aromatic N) is 1. The van der Waals surface area contributed by atoms with Gasteiger partial charge in [-0.3, -0.25) is 20.0 Å². The zero-order valence-electron chi connectivity index (χ0n) is 23.8. The summed E-state index contributed by atoms with van der Waals surface area (Å²) in [5.41, 5.74) is -0.850. The van der Waals surface area contributed by atoms with Gasteiger partial charge in [-0.2, -0.15) is 24.9 Å². The van der Waals surface area contributed by atoms with Crippen molar-refractivity contribution in [2.75, 3.05) is 31.3 Å². The van der Waals surface area contributed by atoms with Crippen molar-refractivity contribution in [3.8, 4) is 5.75 Å². The minimum absolute atomic E-state index is 0.0237. The van der Waals surface area contributed by atoms with Crippen molar-refractivity contribution in [3.63, 3.8) is 0 Å². The molecule has 0 spiro atoms. The molecule has 1 aromatic rings. The van der Waals surface area contributed by atoms with Gasteiger partial charge in [0.1, 0.15) is 25.1 Å². The van der Waals surface area contributed by atoms with Crippen LogP contribution in [0.15, 0.2) is 48.6 Å². The second kappa shape index (κ2) is 20.0. The number of carbonyl (C=O) groups excluding carboxylic acids is 1. The third-order valence-electron chi connectivity index (χ3n) is 6.76. The topological polar surface area (TPSA) is 149 Å². The number of ether oxygens (including phenoxy) is 2. The van der Waals surface area contributed by atoms with Crippen LogP contribution in [0.2, 0.25) is 0 Å². The van der Waals surface area contributed by atoms with E-state index in [-0.39, 0.29) is 49.1 Å². The van der Waals surface area contributed by atoms with Crippen molar-refractivity contribution in [2.45, 2.75) is 69.4 Å². The lowest BCUT2D eigenvalue weighted by molar-refractivity contribution is -0.492. The Balaban J connectivity index is 1.63. The van der Waals surface area contributed by atoms with E-state index < -0.39 is 36.0 Å². The molecule has 1 aliphatic rings. The van der Waals surface area contributed by atoms with Gasteiger partial charge in [-0.15, -0.1) is 0 Å². The Bertz CT molecular complexity index is 996. The van der Waals surface area contributed by atoms with Gasteiger partial charge in [0, 0.05) is 24.5 Å². The number of aliphatic hydroxyl groups excluding tert-OH is 3.